The van der Waals surface area contributed by atoms with Crippen LogP contribution in [0.3, 0.4) is 0 Å². The molecule has 1 aromatic heterocycles. The van der Waals surface area contributed by atoms with Crippen LogP contribution in [0.4, 0.5) is 5.88 Å². The van der Waals surface area contributed by atoms with Crippen LogP contribution < -0.4 is 5.32 Å². The zero-order valence-electron chi connectivity index (χ0n) is 17.0. The Morgan fingerprint density at radius 2 is 2.07 bits per heavy atom. The summed E-state index contributed by atoms with van der Waals surface area (Å²) < 4.78 is 38.7. The van der Waals surface area contributed by atoms with Gasteiger partial charge in [-0.1, -0.05) is 6.92 Å². The molecular weight excluding hydrogens is 404 g/mol. The van der Waals surface area contributed by atoms with Crippen LogP contribution in [0.25, 0.3) is 11.5 Å². The van der Waals surface area contributed by atoms with Crippen molar-refractivity contribution in [3.8, 4) is 17.5 Å². The zero-order chi connectivity index (χ0) is 21.1. The van der Waals surface area contributed by atoms with Crippen molar-refractivity contribution in [3.63, 3.8) is 0 Å². The van der Waals surface area contributed by atoms with Crippen molar-refractivity contribution >= 4 is 15.9 Å². The highest BCUT2D eigenvalue weighted by Gasteiger charge is 2.28. The van der Waals surface area contributed by atoms with Crippen molar-refractivity contribution in [1.82, 2.24) is 9.29 Å². The molecule has 8 nitrogen and oxygen atoms in total. The lowest BCUT2D eigenvalue weighted by molar-refractivity contribution is 0.120. The number of rotatable bonds is 6. The van der Waals surface area contributed by atoms with Crippen molar-refractivity contribution in [3.05, 3.63) is 30.0 Å². The molecule has 3 heterocycles. The third-order valence-electron chi connectivity index (χ3n) is 5.61. The van der Waals surface area contributed by atoms with E-state index in [0.717, 1.165) is 32.3 Å². The first-order valence-electron chi connectivity index (χ1n) is 10.3. The van der Waals surface area contributed by atoms with E-state index in [4.69, 9.17) is 9.15 Å². The van der Waals surface area contributed by atoms with Gasteiger partial charge >= 0.3 is 0 Å². The van der Waals surface area contributed by atoms with E-state index in [9.17, 15) is 13.7 Å². The molecule has 160 valence electrons. The van der Waals surface area contributed by atoms with Crippen LogP contribution in [-0.2, 0) is 14.8 Å². The molecule has 2 aliphatic rings. The van der Waals surface area contributed by atoms with Gasteiger partial charge in [0.05, 0.1) is 11.0 Å². The Balaban J connectivity index is 1.50. The standard InChI is InChI=1S/C21H26N4O4S/c1-15-4-2-10-25(14-15)30(26,27)18-8-6-16(7-9-18)20-24-19(12-22)21(29-20)23-13-17-5-3-11-28-17/h6-9,15,17,23H,2-5,10-11,13-14H2,1H3/t15-,17-/m0/s1. The molecule has 0 amide bonds. The molecule has 0 spiro atoms. The normalized spacial score (nSPS) is 22.7. The Hall–Kier alpha value is -2.41. The number of hydrogen-bond donors (Lipinski definition) is 1. The highest BCUT2D eigenvalue weighted by atomic mass is 32.2. The monoisotopic (exact) mass is 430 g/mol. The summed E-state index contributed by atoms with van der Waals surface area (Å²) in [5.41, 5.74) is 0.782. The van der Waals surface area contributed by atoms with Crippen molar-refractivity contribution in [2.45, 2.75) is 43.6 Å². The Labute approximate surface area is 176 Å². The molecule has 30 heavy (non-hydrogen) atoms. The van der Waals surface area contributed by atoms with Gasteiger partial charge < -0.3 is 14.5 Å². The minimum atomic E-state index is -3.52. The Kier molecular flexibility index (Phi) is 6.09. The summed E-state index contributed by atoms with van der Waals surface area (Å²) in [6.45, 7) is 4.48. The summed E-state index contributed by atoms with van der Waals surface area (Å²) in [5, 5.41) is 12.5. The number of ether oxygens (including phenoxy) is 1. The second-order valence-electron chi connectivity index (χ2n) is 7.96. The van der Waals surface area contributed by atoms with E-state index in [0.29, 0.717) is 37.0 Å². The van der Waals surface area contributed by atoms with E-state index in [1.807, 2.05) is 6.07 Å². The van der Waals surface area contributed by atoms with Gasteiger partial charge in [-0.15, -0.1) is 0 Å². The molecule has 0 bridgehead atoms. The lowest BCUT2D eigenvalue weighted by Crippen LogP contribution is -2.39. The molecule has 2 aliphatic heterocycles. The molecule has 0 radical (unpaired) electrons. The van der Waals surface area contributed by atoms with Gasteiger partial charge in [0, 0.05) is 31.8 Å². The van der Waals surface area contributed by atoms with E-state index in [-0.39, 0.29) is 22.6 Å². The zero-order valence-corrected chi connectivity index (χ0v) is 17.8. The molecule has 0 unspecified atom stereocenters. The van der Waals surface area contributed by atoms with Gasteiger partial charge in [0.15, 0.2) is 0 Å². The van der Waals surface area contributed by atoms with Gasteiger partial charge in [-0.2, -0.15) is 14.6 Å². The first-order valence-corrected chi connectivity index (χ1v) is 11.8. The lowest BCUT2D eigenvalue weighted by Gasteiger charge is -2.30. The summed E-state index contributed by atoms with van der Waals surface area (Å²) in [7, 11) is -3.52. The van der Waals surface area contributed by atoms with Crippen molar-refractivity contribution < 1.29 is 17.6 Å². The molecule has 2 saturated heterocycles. The van der Waals surface area contributed by atoms with Crippen molar-refractivity contribution in [1.29, 1.82) is 5.26 Å². The fourth-order valence-electron chi connectivity index (χ4n) is 3.93. The van der Waals surface area contributed by atoms with Crippen LogP contribution in [0.5, 0.6) is 0 Å². The smallest absolute Gasteiger partial charge is 0.243 e. The largest absolute Gasteiger partial charge is 0.419 e. The minimum Gasteiger partial charge on any atom is -0.419 e. The van der Waals surface area contributed by atoms with Crippen LogP contribution in [0.2, 0.25) is 0 Å². The number of nitrogens with zero attached hydrogens (tertiary/aromatic N) is 3. The number of anilines is 1. The van der Waals surface area contributed by atoms with Gasteiger partial charge in [-0.25, -0.2) is 8.42 Å². The molecule has 1 aromatic carbocycles. The van der Waals surface area contributed by atoms with Crippen LogP contribution in [0, 0.1) is 17.2 Å². The van der Waals surface area contributed by atoms with Crippen molar-refractivity contribution in [2.75, 3.05) is 31.6 Å². The van der Waals surface area contributed by atoms with Crippen LogP contribution in [0.1, 0.15) is 38.3 Å². The molecule has 9 heteroatoms. The van der Waals surface area contributed by atoms with E-state index in [1.54, 1.807) is 28.6 Å². The van der Waals surface area contributed by atoms with Gasteiger partial charge in [0.2, 0.25) is 27.5 Å². The molecule has 0 saturated carbocycles. The highest BCUT2D eigenvalue weighted by molar-refractivity contribution is 7.89. The third kappa shape index (κ3) is 4.36. The predicted molar refractivity (Wildman–Crippen MR) is 111 cm³/mol. The van der Waals surface area contributed by atoms with Crippen molar-refractivity contribution in [2.24, 2.45) is 5.92 Å². The average Bonchev–Trinajstić information content (AvgIpc) is 3.42. The number of benzene rings is 1. The summed E-state index contributed by atoms with van der Waals surface area (Å²) in [6, 6.07) is 8.50. The molecule has 4 rings (SSSR count). The molecule has 0 aliphatic carbocycles. The highest BCUT2D eigenvalue weighted by Crippen LogP contribution is 2.28. The van der Waals surface area contributed by atoms with Crippen LogP contribution in [-0.4, -0.2) is 50.1 Å². The second kappa shape index (κ2) is 8.76. The summed E-state index contributed by atoms with van der Waals surface area (Å²) in [4.78, 5) is 4.50. The maximum Gasteiger partial charge on any atom is 0.243 e. The number of aromatic nitrogens is 1. The number of sulfonamides is 1. The predicted octanol–water partition coefficient (Wildman–Crippen LogP) is 3.22. The van der Waals surface area contributed by atoms with E-state index < -0.39 is 10.0 Å². The topological polar surface area (TPSA) is 108 Å². The number of hydrogen-bond acceptors (Lipinski definition) is 7. The van der Waals surface area contributed by atoms with Gasteiger partial charge in [-0.3, -0.25) is 0 Å². The summed E-state index contributed by atoms with van der Waals surface area (Å²) in [6.07, 6.45) is 4.05. The van der Waals surface area contributed by atoms with E-state index >= 15 is 0 Å². The SMILES string of the molecule is C[C@H]1CCCN(S(=O)(=O)c2ccc(-c3nc(C#N)c(NC[C@@H]4CCCO4)o3)cc2)C1. The Bertz CT molecular complexity index is 1020. The number of piperidine rings is 1. The van der Waals surface area contributed by atoms with Gasteiger partial charge in [-0.05, 0) is 55.9 Å². The van der Waals surface area contributed by atoms with Crippen LogP contribution in [0.15, 0.2) is 33.6 Å². The lowest BCUT2D eigenvalue weighted by atomic mass is 10.0. The quantitative estimate of drug-likeness (QED) is 0.749. The number of nitrogens with one attached hydrogen (secondary N) is 1. The molecule has 1 N–H and O–H groups in total. The summed E-state index contributed by atoms with van der Waals surface area (Å²) >= 11 is 0. The van der Waals surface area contributed by atoms with Gasteiger partial charge in [0.25, 0.3) is 0 Å². The van der Waals surface area contributed by atoms with E-state index in [1.165, 1.54) is 0 Å². The Morgan fingerprint density at radius 1 is 1.27 bits per heavy atom. The maximum atomic E-state index is 12.9. The fourth-order valence-corrected chi connectivity index (χ4v) is 5.53. The second-order valence-corrected chi connectivity index (χ2v) is 9.90. The maximum absolute atomic E-state index is 12.9. The minimum absolute atomic E-state index is 0.104. The Morgan fingerprint density at radius 3 is 2.73 bits per heavy atom. The molecule has 2 fully saturated rings. The summed E-state index contributed by atoms with van der Waals surface area (Å²) in [5.74, 6) is 0.948. The van der Waals surface area contributed by atoms with E-state index in [2.05, 4.69) is 17.2 Å². The third-order valence-corrected chi connectivity index (χ3v) is 7.49. The first-order chi connectivity index (χ1) is 14.5. The fraction of sp³-hybridized carbons (Fsp3) is 0.524. The number of oxazole rings is 1. The molecule has 2 atom stereocenters. The average molecular weight is 431 g/mol. The van der Waals surface area contributed by atoms with Crippen LogP contribution >= 0.6 is 0 Å². The first kappa shape index (κ1) is 20.8. The molecular formula is C21H26N4O4S. The number of nitriles is 1. The molecule has 2 aromatic rings. The van der Waals surface area contributed by atoms with Gasteiger partial charge in [0.1, 0.15) is 6.07 Å².